The van der Waals surface area contributed by atoms with Gasteiger partial charge in [0.2, 0.25) is 5.91 Å². The molecule has 1 saturated heterocycles. The molecule has 1 unspecified atom stereocenters. The molecule has 3 nitrogen and oxygen atoms in total. The lowest BCUT2D eigenvalue weighted by atomic mass is 9.93. The first kappa shape index (κ1) is 16.8. The second-order valence-electron chi connectivity index (χ2n) is 7.47. The van der Waals surface area contributed by atoms with Crippen LogP contribution in [0.4, 0.5) is 0 Å². The van der Waals surface area contributed by atoms with Gasteiger partial charge in [-0.05, 0) is 72.1 Å². The number of piperidine rings is 1. The molecular weight excluding hydrogens is 328 g/mol. The summed E-state index contributed by atoms with van der Waals surface area (Å²) < 4.78 is 0. The molecule has 1 atom stereocenters. The Hall–Kier alpha value is -1.65. The van der Waals surface area contributed by atoms with E-state index in [-0.39, 0.29) is 0 Å². The Kier molecular flexibility index (Phi) is 4.91. The Morgan fingerprint density at radius 2 is 1.96 bits per heavy atom. The first-order chi connectivity index (χ1) is 12.3. The third-order valence-electron chi connectivity index (χ3n) is 5.85. The van der Waals surface area contributed by atoms with Gasteiger partial charge in [-0.2, -0.15) is 11.3 Å². The number of thiophene rings is 1. The summed E-state index contributed by atoms with van der Waals surface area (Å²) in [6.45, 7) is 2.97. The number of amides is 1. The number of nitrogens with zero attached hydrogens (tertiary/aromatic N) is 1. The lowest BCUT2D eigenvalue weighted by molar-refractivity contribution is -0.133. The van der Waals surface area contributed by atoms with E-state index in [0.717, 1.165) is 26.1 Å². The topological polar surface area (TPSA) is 32.3 Å². The number of hydrogen-bond donors (Lipinski definition) is 1. The number of benzene rings is 1. The highest BCUT2D eigenvalue weighted by Crippen LogP contribution is 2.56. The van der Waals surface area contributed by atoms with Crippen molar-refractivity contribution in [1.82, 2.24) is 10.2 Å². The molecule has 2 aliphatic rings. The van der Waals surface area contributed by atoms with Gasteiger partial charge in [-0.15, -0.1) is 0 Å². The van der Waals surface area contributed by atoms with E-state index in [2.05, 4.69) is 39.2 Å². The van der Waals surface area contributed by atoms with Crippen molar-refractivity contribution in [2.24, 2.45) is 5.41 Å². The van der Waals surface area contributed by atoms with E-state index >= 15 is 0 Å². The van der Waals surface area contributed by atoms with Crippen LogP contribution in [0.3, 0.4) is 0 Å². The van der Waals surface area contributed by atoms with Crippen LogP contribution in [-0.2, 0) is 17.8 Å². The minimum Gasteiger partial charge on any atom is -0.335 e. The van der Waals surface area contributed by atoms with Crippen molar-refractivity contribution < 1.29 is 4.79 Å². The zero-order valence-corrected chi connectivity index (χ0v) is 15.4. The van der Waals surface area contributed by atoms with Gasteiger partial charge in [-0.3, -0.25) is 4.79 Å². The third kappa shape index (κ3) is 3.80. The number of aryl methyl sites for hydroxylation is 1. The average molecular weight is 355 g/mol. The number of nitrogens with one attached hydrogen (secondary N) is 1. The van der Waals surface area contributed by atoms with Crippen molar-refractivity contribution in [2.75, 3.05) is 13.1 Å². The first-order valence-electron chi connectivity index (χ1n) is 9.32. The molecule has 1 N–H and O–H groups in total. The molecule has 1 amide bonds. The standard InChI is InChI=1S/C21H26N2OS/c24-20(7-6-17-4-2-1-3-5-17)23(15-18-8-13-25-16-18)19-14-21(19)9-11-22-12-10-21/h1-5,8,13,16,19,22H,6-7,9-12,14-15H2. The van der Waals surface area contributed by atoms with Crippen LogP contribution in [0, 0.1) is 5.41 Å². The normalized spacial score (nSPS) is 21.2. The maximum atomic E-state index is 13.1. The van der Waals surface area contributed by atoms with E-state index in [4.69, 9.17) is 0 Å². The van der Waals surface area contributed by atoms with Gasteiger partial charge in [0.1, 0.15) is 0 Å². The van der Waals surface area contributed by atoms with Crippen molar-refractivity contribution in [2.45, 2.75) is 44.7 Å². The summed E-state index contributed by atoms with van der Waals surface area (Å²) in [6.07, 6.45) is 5.06. The Labute approximate surface area is 154 Å². The van der Waals surface area contributed by atoms with Gasteiger partial charge in [0.05, 0.1) is 0 Å². The number of hydrogen-bond acceptors (Lipinski definition) is 3. The fourth-order valence-electron chi connectivity index (χ4n) is 4.22. The van der Waals surface area contributed by atoms with Crippen LogP contribution in [0.2, 0.25) is 0 Å². The molecule has 2 heterocycles. The van der Waals surface area contributed by atoms with Gasteiger partial charge >= 0.3 is 0 Å². The monoisotopic (exact) mass is 354 g/mol. The maximum Gasteiger partial charge on any atom is 0.223 e. The highest BCUT2D eigenvalue weighted by Gasteiger charge is 2.57. The van der Waals surface area contributed by atoms with Gasteiger partial charge in [0.15, 0.2) is 0 Å². The van der Waals surface area contributed by atoms with Gasteiger partial charge in [0, 0.05) is 19.0 Å². The van der Waals surface area contributed by atoms with E-state index in [1.807, 2.05) is 18.2 Å². The zero-order valence-electron chi connectivity index (χ0n) is 14.6. The highest BCUT2D eigenvalue weighted by atomic mass is 32.1. The van der Waals surface area contributed by atoms with Gasteiger partial charge < -0.3 is 10.2 Å². The van der Waals surface area contributed by atoms with Crippen molar-refractivity contribution in [1.29, 1.82) is 0 Å². The fraction of sp³-hybridized carbons (Fsp3) is 0.476. The molecule has 25 heavy (non-hydrogen) atoms. The Balaban J connectivity index is 1.44. The van der Waals surface area contributed by atoms with Crippen LogP contribution in [0.25, 0.3) is 0 Å². The largest absolute Gasteiger partial charge is 0.335 e. The second-order valence-corrected chi connectivity index (χ2v) is 8.25. The summed E-state index contributed by atoms with van der Waals surface area (Å²) in [5.74, 6) is 0.315. The van der Waals surface area contributed by atoms with Crippen molar-refractivity contribution in [3.63, 3.8) is 0 Å². The summed E-state index contributed by atoms with van der Waals surface area (Å²) in [5, 5.41) is 7.74. The van der Waals surface area contributed by atoms with Crippen LogP contribution in [-0.4, -0.2) is 29.9 Å². The number of rotatable bonds is 6. The Morgan fingerprint density at radius 1 is 1.16 bits per heavy atom. The molecule has 0 bridgehead atoms. The van der Waals surface area contributed by atoms with Gasteiger partial charge in [-0.1, -0.05) is 30.3 Å². The molecule has 4 rings (SSSR count). The minimum absolute atomic E-state index is 0.315. The molecule has 1 aromatic heterocycles. The smallest absolute Gasteiger partial charge is 0.223 e. The average Bonchev–Trinajstić information content (AvgIpc) is 3.08. The molecule has 132 valence electrons. The van der Waals surface area contributed by atoms with Crippen molar-refractivity contribution in [3.05, 3.63) is 58.3 Å². The van der Waals surface area contributed by atoms with E-state index in [9.17, 15) is 4.79 Å². The molecule has 0 radical (unpaired) electrons. The summed E-state index contributed by atoms with van der Waals surface area (Å²) in [6, 6.07) is 12.9. The molecule has 4 heteroatoms. The molecular formula is C21H26N2OS. The van der Waals surface area contributed by atoms with Crippen LogP contribution < -0.4 is 5.32 Å². The summed E-state index contributed by atoms with van der Waals surface area (Å²) in [5.41, 5.74) is 2.91. The lowest BCUT2D eigenvalue weighted by Gasteiger charge is -2.29. The molecule has 2 fully saturated rings. The quantitative estimate of drug-likeness (QED) is 0.854. The van der Waals surface area contributed by atoms with Crippen LogP contribution >= 0.6 is 11.3 Å². The van der Waals surface area contributed by atoms with Crippen molar-refractivity contribution in [3.8, 4) is 0 Å². The predicted molar refractivity (Wildman–Crippen MR) is 103 cm³/mol. The van der Waals surface area contributed by atoms with E-state index in [0.29, 0.717) is 23.8 Å². The molecule has 1 aliphatic carbocycles. The van der Waals surface area contributed by atoms with Gasteiger partial charge in [0.25, 0.3) is 0 Å². The first-order valence-corrected chi connectivity index (χ1v) is 10.3. The number of carbonyl (C=O) groups excluding carboxylic acids is 1. The summed E-state index contributed by atoms with van der Waals surface area (Å²) in [4.78, 5) is 15.3. The Morgan fingerprint density at radius 3 is 2.68 bits per heavy atom. The molecule has 1 spiro atoms. The maximum absolute atomic E-state index is 13.1. The van der Waals surface area contributed by atoms with Crippen LogP contribution in [0.1, 0.15) is 36.8 Å². The molecule has 1 saturated carbocycles. The van der Waals surface area contributed by atoms with Gasteiger partial charge in [-0.25, -0.2) is 0 Å². The Bertz CT molecular complexity index is 692. The summed E-state index contributed by atoms with van der Waals surface area (Å²) >= 11 is 1.71. The fourth-order valence-corrected chi connectivity index (χ4v) is 4.88. The lowest BCUT2D eigenvalue weighted by Crippen LogP contribution is -2.39. The van der Waals surface area contributed by atoms with Crippen molar-refractivity contribution >= 4 is 17.2 Å². The van der Waals surface area contributed by atoms with Crippen LogP contribution in [0.5, 0.6) is 0 Å². The molecule has 1 aliphatic heterocycles. The molecule has 2 aromatic rings. The predicted octanol–water partition coefficient (Wildman–Crippen LogP) is 3.85. The highest BCUT2D eigenvalue weighted by molar-refractivity contribution is 7.07. The second kappa shape index (κ2) is 7.30. The van der Waals surface area contributed by atoms with E-state index in [1.54, 1.807) is 11.3 Å². The zero-order chi connectivity index (χ0) is 17.1. The molecule has 1 aromatic carbocycles. The summed E-state index contributed by atoms with van der Waals surface area (Å²) in [7, 11) is 0. The SMILES string of the molecule is O=C(CCc1ccccc1)N(Cc1ccsc1)C1CC12CCNCC2. The third-order valence-corrected chi connectivity index (χ3v) is 6.58. The van der Waals surface area contributed by atoms with E-state index < -0.39 is 0 Å². The van der Waals surface area contributed by atoms with E-state index in [1.165, 1.54) is 30.4 Å². The number of carbonyl (C=O) groups is 1. The van der Waals surface area contributed by atoms with Crippen LogP contribution in [0.15, 0.2) is 47.2 Å². The minimum atomic E-state index is 0.315.